The van der Waals surface area contributed by atoms with Crippen molar-refractivity contribution in [3.05, 3.63) is 99.7 Å². The zero-order chi connectivity index (χ0) is 28.1. The fourth-order valence-electron chi connectivity index (χ4n) is 5.64. The molecule has 3 aromatic carbocycles. The second-order valence-electron chi connectivity index (χ2n) is 10.6. The summed E-state index contributed by atoms with van der Waals surface area (Å²) in [4.78, 5) is 24.8. The maximum atomic E-state index is 13.4. The summed E-state index contributed by atoms with van der Waals surface area (Å²) in [7, 11) is 0. The molecule has 5 rings (SSSR count). The molecule has 7 heteroatoms. The first-order valence-corrected chi connectivity index (χ1v) is 14.3. The van der Waals surface area contributed by atoms with Gasteiger partial charge in [0.15, 0.2) is 0 Å². The topological polar surface area (TPSA) is 86.4 Å². The Labute approximate surface area is 235 Å². The highest BCUT2D eigenvalue weighted by molar-refractivity contribution is 5.74. The molecule has 0 spiro atoms. The van der Waals surface area contributed by atoms with Gasteiger partial charge in [-0.05, 0) is 80.5 Å². The van der Waals surface area contributed by atoms with Crippen molar-refractivity contribution in [1.29, 1.82) is 0 Å². The van der Waals surface area contributed by atoms with Gasteiger partial charge in [0.2, 0.25) is 0 Å². The SMILES string of the molecule is CCOc1ccc(-c2ccc(CCCc3nn(-c4ccc(C)cc4)c(=O)n3C3CCCC3)cc2)cc1CC(=O)O. The molecule has 0 aliphatic heterocycles. The lowest BCUT2D eigenvalue weighted by molar-refractivity contribution is -0.136. The molecule has 1 N–H and O–H groups in total. The lowest BCUT2D eigenvalue weighted by Crippen LogP contribution is -2.27. The highest BCUT2D eigenvalue weighted by Gasteiger charge is 2.24. The molecule has 0 atom stereocenters. The van der Waals surface area contributed by atoms with Crippen molar-refractivity contribution in [3.8, 4) is 22.6 Å². The first-order chi connectivity index (χ1) is 19.4. The molecular formula is C33H37N3O4. The highest BCUT2D eigenvalue weighted by Crippen LogP contribution is 2.30. The van der Waals surface area contributed by atoms with E-state index in [4.69, 9.17) is 9.84 Å². The fourth-order valence-corrected chi connectivity index (χ4v) is 5.64. The minimum absolute atomic E-state index is 0.0345. The number of carboxylic acid groups (broad SMARTS) is 1. The standard InChI is InChI=1S/C33H37N3O4/c1-3-40-30-20-17-26(21-27(30)22-32(37)38)25-15-13-24(14-16-25)7-6-10-31-34-36(29-18-11-23(2)12-19-29)33(39)35(31)28-8-4-5-9-28/h11-21,28H,3-10,22H2,1-2H3,(H,37,38). The van der Waals surface area contributed by atoms with Gasteiger partial charge in [-0.15, -0.1) is 5.10 Å². The quantitative estimate of drug-likeness (QED) is 0.241. The zero-order valence-electron chi connectivity index (χ0n) is 23.3. The number of aryl methyl sites for hydroxylation is 3. The van der Waals surface area contributed by atoms with Crippen LogP contribution in [0.2, 0.25) is 0 Å². The van der Waals surface area contributed by atoms with E-state index in [0.717, 1.165) is 73.1 Å². The van der Waals surface area contributed by atoms with E-state index in [1.54, 1.807) is 4.68 Å². The average molecular weight is 540 g/mol. The van der Waals surface area contributed by atoms with Gasteiger partial charge in [-0.2, -0.15) is 4.68 Å². The molecular weight excluding hydrogens is 502 g/mol. The third-order valence-corrected chi connectivity index (χ3v) is 7.70. The minimum Gasteiger partial charge on any atom is -0.494 e. The third-order valence-electron chi connectivity index (χ3n) is 7.70. The van der Waals surface area contributed by atoms with Gasteiger partial charge in [-0.3, -0.25) is 9.36 Å². The van der Waals surface area contributed by atoms with Gasteiger partial charge >= 0.3 is 11.7 Å². The maximum absolute atomic E-state index is 13.4. The summed E-state index contributed by atoms with van der Waals surface area (Å²) in [5.41, 5.74) is 5.82. The number of ether oxygens (including phenoxy) is 1. The van der Waals surface area contributed by atoms with E-state index in [1.807, 2.05) is 60.9 Å². The van der Waals surface area contributed by atoms with E-state index in [-0.39, 0.29) is 18.2 Å². The van der Waals surface area contributed by atoms with Crippen molar-refractivity contribution in [2.45, 2.75) is 71.3 Å². The van der Waals surface area contributed by atoms with Crippen LogP contribution in [0.1, 0.15) is 67.6 Å². The summed E-state index contributed by atoms with van der Waals surface area (Å²) in [6.07, 6.45) is 6.82. The van der Waals surface area contributed by atoms with Crippen LogP contribution in [0, 0.1) is 6.92 Å². The van der Waals surface area contributed by atoms with Gasteiger partial charge in [0.1, 0.15) is 11.6 Å². The maximum Gasteiger partial charge on any atom is 0.350 e. The van der Waals surface area contributed by atoms with Crippen LogP contribution in [0.15, 0.2) is 71.5 Å². The van der Waals surface area contributed by atoms with Gasteiger partial charge in [-0.1, -0.05) is 60.9 Å². The minimum atomic E-state index is -0.879. The average Bonchev–Trinajstić information content (AvgIpc) is 3.58. The van der Waals surface area contributed by atoms with Crippen LogP contribution < -0.4 is 10.4 Å². The normalized spacial score (nSPS) is 13.6. The molecule has 1 saturated carbocycles. The third kappa shape index (κ3) is 6.19. The highest BCUT2D eigenvalue weighted by atomic mass is 16.5. The molecule has 1 heterocycles. The first kappa shape index (κ1) is 27.4. The molecule has 1 aliphatic carbocycles. The Morgan fingerprint density at radius 2 is 1.68 bits per heavy atom. The Kier molecular flexibility index (Phi) is 8.48. The number of aliphatic carboxylic acids is 1. The Hall–Kier alpha value is -4.13. The molecule has 0 radical (unpaired) electrons. The molecule has 0 amide bonds. The summed E-state index contributed by atoms with van der Waals surface area (Å²) in [5.74, 6) is 0.608. The predicted octanol–water partition coefficient (Wildman–Crippen LogP) is 6.33. The lowest BCUT2D eigenvalue weighted by atomic mass is 9.98. The summed E-state index contributed by atoms with van der Waals surface area (Å²) < 4.78 is 9.14. The van der Waals surface area contributed by atoms with Crippen LogP contribution >= 0.6 is 0 Å². The van der Waals surface area contributed by atoms with Gasteiger partial charge in [-0.25, -0.2) is 4.79 Å². The van der Waals surface area contributed by atoms with Crippen molar-refractivity contribution in [3.63, 3.8) is 0 Å². The largest absolute Gasteiger partial charge is 0.494 e. The molecule has 0 saturated heterocycles. The summed E-state index contributed by atoms with van der Waals surface area (Å²) in [6, 6.07) is 22.3. The summed E-state index contributed by atoms with van der Waals surface area (Å²) >= 11 is 0. The fraction of sp³-hybridized carbons (Fsp3) is 0.364. The molecule has 1 fully saturated rings. The number of carbonyl (C=O) groups is 1. The summed E-state index contributed by atoms with van der Waals surface area (Å²) in [5, 5.41) is 14.1. The lowest BCUT2D eigenvalue weighted by Gasteiger charge is -2.13. The molecule has 0 bridgehead atoms. The van der Waals surface area contributed by atoms with E-state index in [2.05, 4.69) is 24.3 Å². The molecule has 1 aliphatic rings. The second-order valence-corrected chi connectivity index (χ2v) is 10.6. The predicted molar refractivity (Wildman–Crippen MR) is 156 cm³/mol. The van der Waals surface area contributed by atoms with Gasteiger partial charge < -0.3 is 9.84 Å². The number of hydrogen-bond acceptors (Lipinski definition) is 4. The zero-order valence-corrected chi connectivity index (χ0v) is 23.3. The van der Waals surface area contributed by atoms with Crippen molar-refractivity contribution in [1.82, 2.24) is 14.3 Å². The summed E-state index contributed by atoms with van der Waals surface area (Å²) in [6.45, 7) is 4.42. The number of aromatic nitrogens is 3. The van der Waals surface area contributed by atoms with Crippen molar-refractivity contribution >= 4 is 5.97 Å². The Balaban J connectivity index is 1.29. The Bertz CT molecular complexity index is 1510. The van der Waals surface area contributed by atoms with E-state index < -0.39 is 5.97 Å². The van der Waals surface area contributed by atoms with Crippen LogP contribution in [-0.4, -0.2) is 32.0 Å². The van der Waals surface area contributed by atoms with Crippen molar-refractivity contribution < 1.29 is 14.6 Å². The van der Waals surface area contributed by atoms with E-state index in [9.17, 15) is 14.7 Å². The molecule has 1 aromatic heterocycles. The van der Waals surface area contributed by atoms with E-state index in [0.29, 0.717) is 17.9 Å². The van der Waals surface area contributed by atoms with Crippen LogP contribution in [-0.2, 0) is 24.1 Å². The molecule has 4 aromatic rings. The molecule has 7 nitrogen and oxygen atoms in total. The van der Waals surface area contributed by atoms with Crippen molar-refractivity contribution in [2.24, 2.45) is 0 Å². The number of hydrogen-bond donors (Lipinski definition) is 1. The number of nitrogens with zero attached hydrogens (tertiary/aromatic N) is 3. The van der Waals surface area contributed by atoms with Gasteiger partial charge in [0, 0.05) is 18.0 Å². The number of rotatable bonds is 11. The molecule has 40 heavy (non-hydrogen) atoms. The monoisotopic (exact) mass is 539 g/mol. The number of benzene rings is 3. The van der Waals surface area contributed by atoms with Gasteiger partial charge in [0.05, 0.1) is 18.7 Å². The van der Waals surface area contributed by atoms with Crippen LogP contribution in [0.3, 0.4) is 0 Å². The number of carboxylic acids is 1. The Morgan fingerprint density at radius 1 is 0.975 bits per heavy atom. The van der Waals surface area contributed by atoms with Crippen LogP contribution in [0.4, 0.5) is 0 Å². The van der Waals surface area contributed by atoms with Crippen LogP contribution in [0.5, 0.6) is 5.75 Å². The van der Waals surface area contributed by atoms with E-state index >= 15 is 0 Å². The Morgan fingerprint density at radius 3 is 2.35 bits per heavy atom. The van der Waals surface area contributed by atoms with Crippen molar-refractivity contribution in [2.75, 3.05) is 6.61 Å². The smallest absolute Gasteiger partial charge is 0.350 e. The molecule has 0 unspecified atom stereocenters. The van der Waals surface area contributed by atoms with E-state index in [1.165, 1.54) is 5.56 Å². The molecule has 208 valence electrons. The first-order valence-electron chi connectivity index (χ1n) is 14.3. The second kappa shape index (κ2) is 12.4. The van der Waals surface area contributed by atoms with Crippen LogP contribution in [0.25, 0.3) is 16.8 Å². The van der Waals surface area contributed by atoms with Gasteiger partial charge in [0.25, 0.3) is 0 Å².